The predicted octanol–water partition coefficient (Wildman–Crippen LogP) is 1.73. The summed E-state index contributed by atoms with van der Waals surface area (Å²) >= 11 is -0.363. The van der Waals surface area contributed by atoms with Gasteiger partial charge in [0.25, 0.3) is 5.91 Å². The minimum atomic E-state index is -4.49. The summed E-state index contributed by atoms with van der Waals surface area (Å²) in [5.41, 5.74) is -4.59. The molecule has 0 aliphatic carbocycles. The van der Waals surface area contributed by atoms with E-state index in [9.17, 15) is 18.0 Å². The summed E-state index contributed by atoms with van der Waals surface area (Å²) in [6.07, 6.45) is 0. The molecule has 0 heterocycles. The lowest BCUT2D eigenvalue weighted by Crippen LogP contribution is -2.36. The number of hydrogen-bond acceptors (Lipinski definition) is 4. The summed E-state index contributed by atoms with van der Waals surface area (Å²) in [4.78, 5) is 13.1. The largest absolute Gasteiger partial charge is 0.446 e. The number of carbonyl (C=O) groups excluding carboxylic acids is 1. The molecule has 0 atom stereocenters. The van der Waals surface area contributed by atoms with E-state index in [-0.39, 0.29) is 48.5 Å². The highest BCUT2D eigenvalue weighted by Gasteiger charge is 2.31. The Kier molecular flexibility index (Phi) is 6.31. The number of aliphatic hydroxyl groups is 2. The summed E-state index contributed by atoms with van der Waals surface area (Å²) in [7, 11) is 0. The van der Waals surface area contributed by atoms with E-state index in [1.54, 1.807) is 0 Å². The smallest absolute Gasteiger partial charge is 0.395 e. The van der Waals surface area contributed by atoms with Crippen molar-refractivity contribution in [1.82, 2.24) is 4.90 Å². The minimum absolute atomic E-state index is 0.0512. The van der Waals surface area contributed by atoms with Gasteiger partial charge in [-0.15, -0.1) is 0 Å². The second-order valence-electron chi connectivity index (χ2n) is 3.78. The molecule has 0 aromatic heterocycles. The van der Waals surface area contributed by atoms with Crippen LogP contribution >= 0.6 is 11.8 Å². The zero-order valence-electron chi connectivity index (χ0n) is 10.4. The lowest BCUT2D eigenvalue weighted by atomic mass is 10.2. The van der Waals surface area contributed by atoms with Crippen LogP contribution in [0.5, 0.6) is 0 Å². The first-order valence-electron chi connectivity index (χ1n) is 5.75. The Morgan fingerprint density at radius 2 is 1.70 bits per heavy atom. The topological polar surface area (TPSA) is 60.8 Å². The van der Waals surface area contributed by atoms with Crippen LogP contribution in [-0.4, -0.2) is 52.8 Å². The van der Waals surface area contributed by atoms with Gasteiger partial charge in [-0.3, -0.25) is 4.79 Å². The van der Waals surface area contributed by atoms with E-state index < -0.39 is 11.4 Å². The Morgan fingerprint density at radius 1 is 1.15 bits per heavy atom. The van der Waals surface area contributed by atoms with Gasteiger partial charge in [0.2, 0.25) is 0 Å². The summed E-state index contributed by atoms with van der Waals surface area (Å²) in [6.45, 7) is -0.768. The van der Waals surface area contributed by atoms with Gasteiger partial charge in [0.05, 0.1) is 18.8 Å². The van der Waals surface area contributed by atoms with Crippen LogP contribution in [-0.2, 0) is 0 Å². The highest BCUT2D eigenvalue weighted by atomic mass is 32.2. The first kappa shape index (κ1) is 16.8. The van der Waals surface area contributed by atoms with Gasteiger partial charge in [0.15, 0.2) is 0 Å². The number of amides is 1. The molecule has 112 valence electrons. The number of aliphatic hydroxyl groups excluding tert-OH is 2. The van der Waals surface area contributed by atoms with Crippen LogP contribution in [0, 0.1) is 0 Å². The molecular weight excluding hydrogens is 295 g/mol. The fraction of sp³-hybridized carbons (Fsp3) is 0.417. The van der Waals surface area contributed by atoms with Gasteiger partial charge in [-0.05, 0) is 23.9 Å². The van der Waals surface area contributed by atoms with Crippen molar-refractivity contribution in [3.05, 3.63) is 29.8 Å². The average Bonchev–Trinajstić information content (AvgIpc) is 2.36. The summed E-state index contributed by atoms with van der Waals surface area (Å²) < 4.78 is 37.3. The molecule has 0 saturated carbocycles. The molecule has 1 rings (SSSR count). The molecule has 0 radical (unpaired) electrons. The van der Waals surface area contributed by atoms with Crippen molar-refractivity contribution < 1.29 is 28.2 Å². The van der Waals surface area contributed by atoms with Crippen LogP contribution in [0.3, 0.4) is 0 Å². The SMILES string of the molecule is O=C(c1ccccc1SC(F)(F)F)N(CCO)CCO. The van der Waals surface area contributed by atoms with Crippen LogP contribution in [0.2, 0.25) is 0 Å². The van der Waals surface area contributed by atoms with E-state index in [4.69, 9.17) is 10.2 Å². The van der Waals surface area contributed by atoms with Crippen molar-refractivity contribution in [3.63, 3.8) is 0 Å². The van der Waals surface area contributed by atoms with Crippen molar-refractivity contribution in [2.45, 2.75) is 10.4 Å². The number of alkyl halides is 3. The van der Waals surface area contributed by atoms with Gasteiger partial charge in [-0.1, -0.05) is 12.1 Å². The number of benzene rings is 1. The fourth-order valence-corrected chi connectivity index (χ4v) is 2.24. The van der Waals surface area contributed by atoms with E-state index in [1.165, 1.54) is 24.3 Å². The number of rotatable bonds is 6. The van der Waals surface area contributed by atoms with Gasteiger partial charge >= 0.3 is 5.51 Å². The van der Waals surface area contributed by atoms with E-state index >= 15 is 0 Å². The maximum absolute atomic E-state index is 12.4. The second kappa shape index (κ2) is 7.51. The van der Waals surface area contributed by atoms with E-state index in [0.29, 0.717) is 0 Å². The van der Waals surface area contributed by atoms with Crippen molar-refractivity contribution in [2.75, 3.05) is 26.3 Å². The third kappa shape index (κ3) is 5.03. The maximum Gasteiger partial charge on any atom is 0.446 e. The van der Waals surface area contributed by atoms with E-state index in [1.807, 2.05) is 0 Å². The Morgan fingerprint density at radius 3 is 2.20 bits per heavy atom. The van der Waals surface area contributed by atoms with Crippen molar-refractivity contribution in [3.8, 4) is 0 Å². The van der Waals surface area contributed by atoms with Gasteiger partial charge in [0, 0.05) is 18.0 Å². The molecule has 8 heteroatoms. The van der Waals surface area contributed by atoms with Crippen molar-refractivity contribution in [2.24, 2.45) is 0 Å². The molecule has 0 saturated heterocycles. The van der Waals surface area contributed by atoms with Crippen LogP contribution in [0.1, 0.15) is 10.4 Å². The molecule has 0 unspecified atom stereocenters. The Labute approximate surface area is 118 Å². The summed E-state index contributed by atoms with van der Waals surface area (Å²) in [6, 6.07) is 5.37. The maximum atomic E-state index is 12.4. The van der Waals surface area contributed by atoms with Crippen molar-refractivity contribution >= 4 is 17.7 Å². The van der Waals surface area contributed by atoms with Crippen LogP contribution in [0.25, 0.3) is 0 Å². The van der Waals surface area contributed by atoms with Gasteiger partial charge in [-0.2, -0.15) is 13.2 Å². The minimum Gasteiger partial charge on any atom is -0.395 e. The number of nitrogens with zero attached hydrogens (tertiary/aromatic N) is 1. The average molecular weight is 309 g/mol. The first-order valence-corrected chi connectivity index (χ1v) is 6.56. The van der Waals surface area contributed by atoms with Crippen LogP contribution in [0.15, 0.2) is 29.2 Å². The third-order valence-corrected chi connectivity index (χ3v) is 3.18. The Balaban J connectivity index is 3.02. The van der Waals surface area contributed by atoms with Crippen LogP contribution in [0.4, 0.5) is 13.2 Å². The first-order chi connectivity index (χ1) is 9.39. The normalized spacial score (nSPS) is 11.4. The highest BCUT2D eigenvalue weighted by Crippen LogP contribution is 2.38. The molecule has 1 aromatic carbocycles. The predicted molar refractivity (Wildman–Crippen MR) is 68.4 cm³/mol. The quantitative estimate of drug-likeness (QED) is 0.786. The molecular formula is C12H14F3NO3S. The Hall–Kier alpha value is -1.25. The highest BCUT2D eigenvalue weighted by molar-refractivity contribution is 8.00. The van der Waals surface area contributed by atoms with Gasteiger partial charge in [-0.25, -0.2) is 0 Å². The van der Waals surface area contributed by atoms with E-state index in [0.717, 1.165) is 4.90 Å². The number of hydrogen-bond donors (Lipinski definition) is 2. The summed E-state index contributed by atoms with van der Waals surface area (Å²) in [5.74, 6) is -0.652. The molecule has 0 spiro atoms. The molecule has 1 amide bonds. The molecule has 20 heavy (non-hydrogen) atoms. The third-order valence-electron chi connectivity index (χ3n) is 2.37. The van der Waals surface area contributed by atoms with Gasteiger partial charge in [0.1, 0.15) is 0 Å². The lowest BCUT2D eigenvalue weighted by molar-refractivity contribution is -0.0328. The second-order valence-corrected chi connectivity index (χ2v) is 4.89. The summed E-state index contributed by atoms with van der Waals surface area (Å²) in [5, 5.41) is 17.7. The van der Waals surface area contributed by atoms with E-state index in [2.05, 4.69) is 0 Å². The van der Waals surface area contributed by atoms with Crippen LogP contribution < -0.4 is 0 Å². The monoisotopic (exact) mass is 309 g/mol. The number of thioether (sulfide) groups is 1. The molecule has 1 aromatic rings. The molecule has 4 nitrogen and oxygen atoms in total. The van der Waals surface area contributed by atoms with Crippen molar-refractivity contribution in [1.29, 1.82) is 0 Å². The number of carbonyl (C=O) groups is 1. The number of halogens is 3. The standard InChI is InChI=1S/C12H14F3NO3S/c13-12(14,15)20-10-4-2-1-3-9(10)11(19)16(5-7-17)6-8-18/h1-4,17-18H,5-8H2. The Bertz CT molecular complexity index is 448. The lowest BCUT2D eigenvalue weighted by Gasteiger charge is -2.22. The molecule has 0 aliphatic rings. The molecule has 0 aliphatic heterocycles. The zero-order valence-corrected chi connectivity index (χ0v) is 11.2. The zero-order chi connectivity index (χ0) is 15.2. The molecule has 2 N–H and O–H groups in total. The molecule has 0 bridgehead atoms. The fourth-order valence-electron chi connectivity index (χ4n) is 1.58. The van der Waals surface area contributed by atoms with Gasteiger partial charge < -0.3 is 15.1 Å². The molecule has 0 fully saturated rings.